The molecule has 0 radical (unpaired) electrons. The number of alkyl halides is 6. The van der Waals surface area contributed by atoms with E-state index in [1.54, 1.807) is 19.1 Å². The first-order chi connectivity index (χ1) is 15.0. The maximum Gasteiger partial charge on any atom is 0.416 e. The van der Waals surface area contributed by atoms with Crippen molar-refractivity contribution in [3.8, 4) is 0 Å². The van der Waals surface area contributed by atoms with Crippen LogP contribution in [0, 0.1) is 12.8 Å². The SMILES string of the molecule is CCCCN(c1cc(C(F)(F)F)cc(C(F)(F)F)c1)c1ccc(C)cn1.O=CC1CCC1. The summed E-state index contributed by atoms with van der Waals surface area (Å²) in [7, 11) is 0. The molecule has 0 bridgehead atoms. The van der Waals surface area contributed by atoms with Crippen LogP contribution in [0.5, 0.6) is 0 Å². The predicted molar refractivity (Wildman–Crippen MR) is 111 cm³/mol. The molecule has 0 atom stereocenters. The Hall–Kier alpha value is -2.58. The number of benzene rings is 1. The second-order valence-corrected chi connectivity index (χ2v) is 7.79. The lowest BCUT2D eigenvalue weighted by atomic mass is 9.87. The van der Waals surface area contributed by atoms with Crippen molar-refractivity contribution in [1.82, 2.24) is 4.98 Å². The van der Waals surface area contributed by atoms with Gasteiger partial charge in [0.25, 0.3) is 0 Å². The molecule has 3 rings (SSSR count). The van der Waals surface area contributed by atoms with Gasteiger partial charge in [-0.2, -0.15) is 26.3 Å². The van der Waals surface area contributed by atoms with Gasteiger partial charge < -0.3 is 9.69 Å². The van der Waals surface area contributed by atoms with Gasteiger partial charge in [0, 0.05) is 24.3 Å². The smallest absolute Gasteiger partial charge is 0.326 e. The van der Waals surface area contributed by atoms with Gasteiger partial charge in [0.1, 0.15) is 12.1 Å². The van der Waals surface area contributed by atoms with Gasteiger partial charge in [0.05, 0.1) is 11.1 Å². The van der Waals surface area contributed by atoms with Crippen LogP contribution in [0.15, 0.2) is 36.5 Å². The van der Waals surface area contributed by atoms with Crippen LogP contribution in [-0.4, -0.2) is 17.8 Å². The minimum Gasteiger partial charge on any atom is -0.326 e. The van der Waals surface area contributed by atoms with E-state index in [2.05, 4.69) is 4.98 Å². The lowest BCUT2D eigenvalue weighted by Crippen LogP contribution is -2.21. The summed E-state index contributed by atoms with van der Waals surface area (Å²) in [6.07, 6.45) is -2.31. The van der Waals surface area contributed by atoms with Gasteiger partial charge in [-0.15, -0.1) is 0 Å². The van der Waals surface area contributed by atoms with Gasteiger partial charge in [0.2, 0.25) is 0 Å². The molecule has 0 spiro atoms. The molecule has 2 aromatic rings. The molecule has 1 aromatic heterocycles. The third kappa shape index (κ3) is 7.24. The van der Waals surface area contributed by atoms with E-state index in [-0.39, 0.29) is 18.3 Å². The van der Waals surface area contributed by atoms with Gasteiger partial charge in [-0.1, -0.05) is 25.8 Å². The van der Waals surface area contributed by atoms with Crippen molar-refractivity contribution in [3.63, 3.8) is 0 Å². The standard InChI is InChI=1S/C18H18F6N2.C5H8O/c1-3-4-7-26(16-6-5-12(2)11-25-16)15-9-13(17(19,20)21)8-14(10-15)18(22,23)24;6-4-5-2-1-3-5/h5-6,8-11H,3-4,7H2,1-2H3;4-5H,1-3H2. The third-order valence-electron chi connectivity index (χ3n) is 5.13. The first kappa shape index (κ1) is 25.7. The fourth-order valence-electron chi connectivity index (χ4n) is 2.98. The van der Waals surface area contributed by atoms with Gasteiger partial charge in [-0.25, -0.2) is 4.98 Å². The van der Waals surface area contributed by atoms with E-state index in [4.69, 9.17) is 0 Å². The average molecular weight is 460 g/mol. The largest absolute Gasteiger partial charge is 0.416 e. The molecule has 1 aliphatic rings. The molecule has 0 N–H and O–H groups in total. The zero-order chi connectivity index (χ0) is 23.9. The highest BCUT2D eigenvalue weighted by atomic mass is 19.4. The Kier molecular flexibility index (Phi) is 8.69. The van der Waals surface area contributed by atoms with Crippen molar-refractivity contribution < 1.29 is 31.1 Å². The summed E-state index contributed by atoms with van der Waals surface area (Å²) in [5.41, 5.74) is -2.02. The van der Waals surface area contributed by atoms with Crippen molar-refractivity contribution in [2.45, 2.75) is 58.3 Å². The Morgan fingerprint density at radius 3 is 1.97 bits per heavy atom. The molecular weight excluding hydrogens is 434 g/mol. The van der Waals surface area contributed by atoms with Gasteiger partial charge in [-0.05, 0) is 56.0 Å². The maximum absolute atomic E-state index is 13.1. The van der Waals surface area contributed by atoms with E-state index >= 15 is 0 Å². The van der Waals surface area contributed by atoms with Crippen molar-refractivity contribution in [2.75, 3.05) is 11.4 Å². The van der Waals surface area contributed by atoms with E-state index in [1.807, 2.05) is 6.92 Å². The summed E-state index contributed by atoms with van der Waals surface area (Å²) in [6.45, 7) is 3.93. The molecule has 1 aromatic carbocycles. The molecule has 1 heterocycles. The summed E-state index contributed by atoms with van der Waals surface area (Å²) >= 11 is 0. The Balaban J connectivity index is 0.000000520. The number of pyridine rings is 1. The predicted octanol–water partition coefficient (Wildman–Crippen LogP) is 7.35. The number of halogens is 6. The van der Waals surface area contributed by atoms with E-state index in [1.165, 1.54) is 17.5 Å². The van der Waals surface area contributed by atoms with Gasteiger partial charge in [-0.3, -0.25) is 0 Å². The first-order valence-corrected chi connectivity index (χ1v) is 10.4. The lowest BCUT2D eigenvalue weighted by molar-refractivity contribution is -0.143. The lowest BCUT2D eigenvalue weighted by Gasteiger charge is -2.26. The molecule has 0 amide bonds. The zero-order valence-corrected chi connectivity index (χ0v) is 17.9. The molecular formula is C23H26F6N2O. The minimum absolute atomic E-state index is 0.129. The number of nitrogens with zero attached hydrogens (tertiary/aromatic N) is 2. The summed E-state index contributed by atoms with van der Waals surface area (Å²) in [5.74, 6) is 0.737. The maximum atomic E-state index is 13.1. The van der Waals surface area contributed by atoms with E-state index in [0.29, 0.717) is 18.2 Å². The number of carbonyl (C=O) groups is 1. The quantitative estimate of drug-likeness (QED) is 0.334. The first-order valence-electron chi connectivity index (χ1n) is 10.4. The average Bonchev–Trinajstić information content (AvgIpc) is 2.68. The summed E-state index contributed by atoms with van der Waals surface area (Å²) < 4.78 is 78.6. The number of hydrogen-bond acceptors (Lipinski definition) is 3. The minimum atomic E-state index is -4.88. The Morgan fingerprint density at radius 1 is 1.03 bits per heavy atom. The molecule has 1 aliphatic carbocycles. The topological polar surface area (TPSA) is 33.2 Å². The monoisotopic (exact) mass is 460 g/mol. The van der Waals surface area contributed by atoms with Crippen molar-refractivity contribution in [1.29, 1.82) is 0 Å². The molecule has 3 nitrogen and oxygen atoms in total. The number of unbranched alkanes of at least 4 members (excludes halogenated alkanes) is 1. The summed E-state index contributed by atoms with van der Waals surface area (Å²) in [5, 5.41) is 0. The molecule has 176 valence electrons. The number of rotatable bonds is 6. The third-order valence-corrected chi connectivity index (χ3v) is 5.13. The van der Waals surface area contributed by atoms with Crippen LogP contribution in [0.1, 0.15) is 55.7 Å². The molecule has 9 heteroatoms. The molecule has 1 fully saturated rings. The van der Waals surface area contributed by atoms with Crippen LogP contribution in [0.25, 0.3) is 0 Å². The van der Waals surface area contributed by atoms with E-state index in [0.717, 1.165) is 43.2 Å². The number of hydrogen-bond donors (Lipinski definition) is 0. The van der Waals surface area contributed by atoms with Crippen LogP contribution < -0.4 is 4.90 Å². The van der Waals surface area contributed by atoms with Gasteiger partial charge in [0.15, 0.2) is 0 Å². The highest BCUT2D eigenvalue weighted by Crippen LogP contribution is 2.39. The summed E-state index contributed by atoms with van der Waals surface area (Å²) in [6, 6.07) is 4.88. The van der Waals surface area contributed by atoms with E-state index in [9.17, 15) is 31.1 Å². The second kappa shape index (κ2) is 10.8. The van der Waals surface area contributed by atoms with Crippen LogP contribution in [0.3, 0.4) is 0 Å². The van der Waals surface area contributed by atoms with Crippen LogP contribution in [0.2, 0.25) is 0 Å². The Morgan fingerprint density at radius 2 is 1.62 bits per heavy atom. The van der Waals surface area contributed by atoms with Crippen molar-refractivity contribution >= 4 is 17.8 Å². The molecule has 0 unspecified atom stereocenters. The Labute approximate surface area is 183 Å². The molecule has 0 saturated heterocycles. The van der Waals surface area contributed by atoms with Crippen LogP contribution in [0.4, 0.5) is 37.8 Å². The normalized spacial score (nSPS) is 14.2. The van der Waals surface area contributed by atoms with Crippen molar-refractivity contribution in [3.05, 3.63) is 53.2 Å². The molecule has 32 heavy (non-hydrogen) atoms. The fraction of sp³-hybridized carbons (Fsp3) is 0.478. The van der Waals surface area contributed by atoms with Crippen LogP contribution in [-0.2, 0) is 17.1 Å². The van der Waals surface area contributed by atoms with Crippen LogP contribution >= 0.6 is 0 Å². The number of aromatic nitrogens is 1. The highest BCUT2D eigenvalue weighted by molar-refractivity contribution is 5.62. The zero-order valence-electron chi connectivity index (χ0n) is 17.9. The molecule has 1 saturated carbocycles. The highest BCUT2D eigenvalue weighted by Gasteiger charge is 2.37. The van der Waals surface area contributed by atoms with E-state index < -0.39 is 23.5 Å². The summed E-state index contributed by atoms with van der Waals surface area (Å²) in [4.78, 5) is 15.3. The second-order valence-electron chi connectivity index (χ2n) is 7.79. The number of anilines is 2. The number of aldehydes is 1. The van der Waals surface area contributed by atoms with Gasteiger partial charge >= 0.3 is 12.4 Å². The molecule has 0 aliphatic heterocycles. The number of carbonyl (C=O) groups excluding carboxylic acids is 1. The number of aryl methyl sites for hydroxylation is 1. The van der Waals surface area contributed by atoms with Crippen molar-refractivity contribution in [2.24, 2.45) is 5.92 Å². The Bertz CT molecular complexity index is 841. The fourth-order valence-corrected chi connectivity index (χ4v) is 2.98.